The SMILES string of the molecule is C[C@H](C[C@H](O)C(=O)O)C1C[C@H](O)[C@H]2C3C(CC[C@]12C)[C@@]1(C)CC[C@@H](O)C[C@H]1C[C@H]3O. The highest BCUT2D eigenvalue weighted by molar-refractivity contribution is 5.71. The molecule has 0 aromatic carbocycles. The van der Waals surface area contributed by atoms with Gasteiger partial charge in [-0.2, -0.15) is 0 Å². The second-order valence-corrected chi connectivity index (χ2v) is 11.7. The molecular weight excluding hydrogens is 384 g/mol. The number of aliphatic carboxylic acids is 1. The summed E-state index contributed by atoms with van der Waals surface area (Å²) < 4.78 is 0. The zero-order valence-corrected chi connectivity index (χ0v) is 18.6. The fourth-order valence-electron chi connectivity index (χ4n) is 8.80. The molecule has 4 aliphatic carbocycles. The Balaban J connectivity index is 1.60. The normalized spacial score (nSPS) is 52.6. The van der Waals surface area contributed by atoms with E-state index in [2.05, 4.69) is 13.8 Å². The number of carbonyl (C=O) groups is 1. The van der Waals surface area contributed by atoms with Gasteiger partial charge in [-0.3, -0.25) is 0 Å². The van der Waals surface area contributed by atoms with Crippen LogP contribution in [0.1, 0.15) is 72.1 Å². The molecule has 4 aliphatic rings. The van der Waals surface area contributed by atoms with Crippen molar-refractivity contribution in [3.8, 4) is 0 Å². The molecule has 5 N–H and O–H groups in total. The maximum Gasteiger partial charge on any atom is 0.332 e. The quantitative estimate of drug-likeness (QED) is 0.473. The van der Waals surface area contributed by atoms with Gasteiger partial charge < -0.3 is 25.5 Å². The van der Waals surface area contributed by atoms with Gasteiger partial charge in [0.2, 0.25) is 0 Å². The highest BCUT2D eigenvalue weighted by Crippen LogP contribution is 2.68. The minimum absolute atomic E-state index is 0.00490. The van der Waals surface area contributed by atoms with Crippen molar-refractivity contribution in [2.75, 3.05) is 0 Å². The first-order valence-electron chi connectivity index (χ1n) is 11.9. The third kappa shape index (κ3) is 3.33. The molecule has 0 aliphatic heterocycles. The van der Waals surface area contributed by atoms with E-state index in [1.54, 1.807) is 0 Å². The summed E-state index contributed by atoms with van der Waals surface area (Å²) in [6.07, 6.45) is 3.47. The van der Waals surface area contributed by atoms with E-state index in [4.69, 9.17) is 5.11 Å². The number of carboxylic acid groups (broad SMARTS) is 1. The van der Waals surface area contributed by atoms with Crippen LogP contribution < -0.4 is 0 Å². The van der Waals surface area contributed by atoms with Crippen molar-refractivity contribution in [2.24, 2.45) is 46.3 Å². The minimum atomic E-state index is -1.37. The highest BCUT2D eigenvalue weighted by atomic mass is 16.4. The van der Waals surface area contributed by atoms with Crippen LogP contribution in [-0.4, -0.2) is 55.9 Å². The van der Waals surface area contributed by atoms with Crippen LogP contribution in [0.4, 0.5) is 0 Å². The molecule has 30 heavy (non-hydrogen) atoms. The van der Waals surface area contributed by atoms with Crippen molar-refractivity contribution in [3.63, 3.8) is 0 Å². The van der Waals surface area contributed by atoms with Crippen LogP contribution in [-0.2, 0) is 4.79 Å². The smallest absolute Gasteiger partial charge is 0.332 e. The van der Waals surface area contributed by atoms with Gasteiger partial charge in [0.15, 0.2) is 6.10 Å². The zero-order valence-electron chi connectivity index (χ0n) is 18.6. The second-order valence-electron chi connectivity index (χ2n) is 11.7. The second kappa shape index (κ2) is 7.72. The van der Waals surface area contributed by atoms with Gasteiger partial charge in [-0.05, 0) is 97.7 Å². The summed E-state index contributed by atoms with van der Waals surface area (Å²) in [5, 5.41) is 51.7. The number of aliphatic hydroxyl groups is 4. The molecule has 0 radical (unpaired) electrons. The average Bonchev–Trinajstić information content (AvgIpc) is 2.94. The predicted molar refractivity (Wildman–Crippen MR) is 111 cm³/mol. The first-order valence-corrected chi connectivity index (χ1v) is 11.9. The van der Waals surface area contributed by atoms with Crippen molar-refractivity contribution >= 4 is 5.97 Å². The van der Waals surface area contributed by atoms with E-state index in [1.807, 2.05) is 6.92 Å². The summed E-state index contributed by atoms with van der Waals surface area (Å²) in [4.78, 5) is 11.1. The number of rotatable bonds is 4. The summed E-state index contributed by atoms with van der Waals surface area (Å²) in [5.41, 5.74) is -0.0516. The molecule has 3 unspecified atom stereocenters. The number of fused-ring (bicyclic) bond motifs is 5. The van der Waals surface area contributed by atoms with E-state index >= 15 is 0 Å². The van der Waals surface area contributed by atoms with Crippen molar-refractivity contribution < 1.29 is 30.3 Å². The van der Waals surface area contributed by atoms with Crippen LogP contribution in [0.3, 0.4) is 0 Å². The molecule has 6 heteroatoms. The lowest BCUT2D eigenvalue weighted by Gasteiger charge is -2.62. The van der Waals surface area contributed by atoms with E-state index in [0.717, 1.165) is 32.1 Å². The van der Waals surface area contributed by atoms with Crippen molar-refractivity contribution in [1.29, 1.82) is 0 Å². The minimum Gasteiger partial charge on any atom is -0.479 e. The van der Waals surface area contributed by atoms with Gasteiger partial charge in [-0.1, -0.05) is 20.8 Å². The fraction of sp³-hybridized carbons (Fsp3) is 0.958. The fourth-order valence-corrected chi connectivity index (χ4v) is 8.80. The van der Waals surface area contributed by atoms with Gasteiger partial charge in [0.05, 0.1) is 18.3 Å². The Labute approximate surface area is 179 Å². The van der Waals surface area contributed by atoms with E-state index in [-0.39, 0.29) is 47.0 Å². The molecule has 6 nitrogen and oxygen atoms in total. The Morgan fingerprint density at radius 1 is 1.00 bits per heavy atom. The van der Waals surface area contributed by atoms with E-state index in [1.165, 1.54) is 0 Å². The average molecular weight is 425 g/mol. The molecule has 12 atom stereocenters. The molecule has 0 aromatic heterocycles. The molecule has 0 amide bonds. The van der Waals surface area contributed by atoms with Crippen LogP contribution >= 0.6 is 0 Å². The van der Waals surface area contributed by atoms with Gasteiger partial charge >= 0.3 is 5.97 Å². The van der Waals surface area contributed by atoms with Crippen LogP contribution in [0.15, 0.2) is 0 Å². The Kier molecular flexibility index (Phi) is 5.79. The lowest BCUT2D eigenvalue weighted by molar-refractivity contribution is -0.185. The van der Waals surface area contributed by atoms with Crippen LogP contribution in [0.25, 0.3) is 0 Å². The molecule has 172 valence electrons. The molecule has 0 bridgehead atoms. The highest BCUT2D eigenvalue weighted by Gasteiger charge is 2.65. The van der Waals surface area contributed by atoms with E-state index in [9.17, 15) is 25.2 Å². The lowest BCUT2D eigenvalue weighted by Crippen LogP contribution is -2.60. The summed E-state index contributed by atoms with van der Waals surface area (Å²) in [6, 6.07) is 0. The standard InChI is InChI=1S/C24H40O6/c1-12(8-19(28)22(29)30)16-11-18(27)21-20-15(5-7-24(16,21)3)23(2)6-4-14(25)9-13(23)10-17(20)26/h12-21,25-28H,4-11H2,1-3H3,(H,29,30)/t12-,13+,14-,15?,16?,17-,18+,19+,20?,21+,23+,24-/m1/s1. The van der Waals surface area contributed by atoms with Crippen molar-refractivity contribution in [1.82, 2.24) is 0 Å². The van der Waals surface area contributed by atoms with Gasteiger partial charge in [0, 0.05) is 0 Å². The Hall–Kier alpha value is -0.690. The Morgan fingerprint density at radius 3 is 2.33 bits per heavy atom. The maximum absolute atomic E-state index is 11.3. The summed E-state index contributed by atoms with van der Waals surface area (Å²) in [6.45, 7) is 6.57. The number of hydrogen-bond donors (Lipinski definition) is 5. The van der Waals surface area contributed by atoms with Crippen LogP contribution in [0.5, 0.6) is 0 Å². The van der Waals surface area contributed by atoms with Gasteiger partial charge in [-0.15, -0.1) is 0 Å². The first-order chi connectivity index (χ1) is 14.0. The number of hydrogen-bond acceptors (Lipinski definition) is 5. The summed E-state index contributed by atoms with van der Waals surface area (Å²) in [7, 11) is 0. The summed E-state index contributed by atoms with van der Waals surface area (Å²) in [5.74, 6) is -0.315. The van der Waals surface area contributed by atoms with Gasteiger partial charge in [-0.25, -0.2) is 4.79 Å². The first kappa shape index (κ1) is 22.5. The Bertz CT molecular complexity index is 668. The monoisotopic (exact) mass is 424 g/mol. The third-order valence-electron chi connectivity index (χ3n) is 10.3. The summed E-state index contributed by atoms with van der Waals surface area (Å²) >= 11 is 0. The van der Waals surface area contributed by atoms with Gasteiger partial charge in [0.25, 0.3) is 0 Å². The molecule has 0 spiro atoms. The lowest BCUT2D eigenvalue weighted by atomic mass is 9.43. The van der Waals surface area contributed by atoms with Gasteiger partial charge in [0.1, 0.15) is 0 Å². The molecule has 4 fully saturated rings. The Morgan fingerprint density at radius 2 is 1.67 bits per heavy atom. The molecule has 4 saturated carbocycles. The third-order valence-corrected chi connectivity index (χ3v) is 10.3. The van der Waals surface area contributed by atoms with Crippen molar-refractivity contribution in [3.05, 3.63) is 0 Å². The van der Waals surface area contributed by atoms with Crippen LogP contribution in [0.2, 0.25) is 0 Å². The predicted octanol–water partition coefficient (Wildman–Crippen LogP) is 2.42. The molecule has 0 saturated heterocycles. The zero-order chi connectivity index (χ0) is 22.0. The van der Waals surface area contributed by atoms with E-state index in [0.29, 0.717) is 24.7 Å². The topological polar surface area (TPSA) is 118 Å². The number of aliphatic hydroxyl groups excluding tert-OH is 4. The molecular formula is C24H40O6. The molecule has 0 heterocycles. The number of carboxylic acids is 1. The maximum atomic E-state index is 11.3. The van der Waals surface area contributed by atoms with Crippen LogP contribution in [0, 0.1) is 46.3 Å². The largest absolute Gasteiger partial charge is 0.479 e. The molecule has 4 rings (SSSR count). The van der Waals surface area contributed by atoms with E-state index < -0.39 is 24.3 Å². The van der Waals surface area contributed by atoms with Crippen molar-refractivity contribution in [2.45, 2.75) is 96.6 Å². The molecule has 0 aromatic rings.